The summed E-state index contributed by atoms with van der Waals surface area (Å²) in [5.74, 6) is -2.59. The molecule has 0 saturated heterocycles. The Bertz CT molecular complexity index is 1520. The van der Waals surface area contributed by atoms with Gasteiger partial charge in [-0.25, -0.2) is 4.79 Å². The lowest BCUT2D eigenvalue weighted by Crippen LogP contribution is -2.29. The number of halogens is 12. The standard InChI is InChI=1S/C27H17F12NO4/c1-44-21-5-2-14(22(41)27(37,38)39)9-20(21)19-4-3-16(24(28,29)30)8-15(19)12-40(23(42)43)11-13-6-17(25(31,32)33)10-18(7-13)26(34,35)36/h2-10H,11-12H2,1H3,(H,42,43). The topological polar surface area (TPSA) is 66.8 Å². The van der Waals surface area contributed by atoms with Crippen molar-refractivity contribution >= 4 is 11.9 Å². The number of benzene rings is 3. The zero-order chi connectivity index (χ0) is 33.4. The minimum absolute atomic E-state index is 0.200. The molecule has 0 radical (unpaired) electrons. The number of hydrogen-bond donors (Lipinski definition) is 1. The third kappa shape index (κ3) is 7.93. The van der Waals surface area contributed by atoms with Crippen molar-refractivity contribution in [3.63, 3.8) is 0 Å². The molecule has 1 N–H and O–H groups in total. The number of amides is 1. The number of ketones is 1. The molecule has 0 aliphatic rings. The zero-order valence-corrected chi connectivity index (χ0v) is 21.8. The normalized spacial score (nSPS) is 12.7. The Morgan fingerprint density at radius 3 is 1.68 bits per heavy atom. The smallest absolute Gasteiger partial charge is 0.454 e. The maximum Gasteiger partial charge on any atom is 0.454 e. The Labute approximate surface area is 239 Å². The fourth-order valence-corrected chi connectivity index (χ4v) is 4.11. The van der Waals surface area contributed by atoms with Crippen molar-refractivity contribution in [2.75, 3.05) is 7.11 Å². The molecule has 3 aromatic rings. The molecule has 3 rings (SSSR count). The number of hydrogen-bond acceptors (Lipinski definition) is 3. The van der Waals surface area contributed by atoms with Crippen LogP contribution >= 0.6 is 0 Å². The average Bonchev–Trinajstić information content (AvgIpc) is 2.89. The number of carbonyl (C=O) groups excluding carboxylic acids is 1. The highest BCUT2D eigenvalue weighted by atomic mass is 19.4. The molecule has 0 saturated carbocycles. The molecule has 0 aliphatic heterocycles. The van der Waals surface area contributed by atoms with Gasteiger partial charge in [-0.2, -0.15) is 52.7 Å². The van der Waals surface area contributed by atoms with Crippen LogP contribution in [0.3, 0.4) is 0 Å². The molecule has 0 heterocycles. The predicted molar refractivity (Wildman–Crippen MR) is 128 cm³/mol. The number of carboxylic acid groups (broad SMARTS) is 1. The molecular weight excluding hydrogens is 630 g/mol. The van der Waals surface area contributed by atoms with Crippen molar-refractivity contribution < 1.29 is 72.1 Å². The molecule has 0 bridgehead atoms. The van der Waals surface area contributed by atoms with Crippen LogP contribution < -0.4 is 4.74 Å². The van der Waals surface area contributed by atoms with Crippen molar-refractivity contribution in [1.82, 2.24) is 4.90 Å². The van der Waals surface area contributed by atoms with Crippen LogP contribution in [0, 0.1) is 0 Å². The molecule has 0 aromatic heterocycles. The summed E-state index contributed by atoms with van der Waals surface area (Å²) in [7, 11) is 1.03. The minimum atomic E-state index is -5.35. The Morgan fingerprint density at radius 2 is 1.23 bits per heavy atom. The summed E-state index contributed by atoms with van der Waals surface area (Å²) in [6, 6.07) is 4.13. The number of alkyl halides is 12. The molecule has 0 fully saturated rings. The SMILES string of the molecule is COc1ccc(C(=O)C(F)(F)F)cc1-c1ccc(C(F)(F)F)cc1CN(Cc1cc(C(F)(F)F)cc(C(F)(F)F)c1)C(=O)O. The molecule has 1 amide bonds. The zero-order valence-electron chi connectivity index (χ0n) is 21.8. The molecule has 238 valence electrons. The third-order valence-electron chi connectivity index (χ3n) is 6.09. The lowest BCUT2D eigenvalue weighted by atomic mass is 9.94. The minimum Gasteiger partial charge on any atom is -0.496 e. The van der Waals surface area contributed by atoms with Crippen LogP contribution in [0.25, 0.3) is 11.1 Å². The number of nitrogens with zero attached hydrogens (tertiary/aromatic N) is 1. The second kappa shape index (κ2) is 11.9. The van der Waals surface area contributed by atoms with E-state index in [-0.39, 0.29) is 34.4 Å². The molecule has 3 aromatic carbocycles. The van der Waals surface area contributed by atoms with Crippen molar-refractivity contribution in [3.8, 4) is 16.9 Å². The first-order chi connectivity index (χ1) is 20.0. The number of rotatable bonds is 7. The van der Waals surface area contributed by atoms with Gasteiger partial charge in [0, 0.05) is 24.2 Å². The lowest BCUT2D eigenvalue weighted by molar-refractivity contribution is -0.143. The van der Waals surface area contributed by atoms with E-state index in [2.05, 4.69) is 0 Å². The summed E-state index contributed by atoms with van der Waals surface area (Å²) in [5, 5.41) is 9.72. The van der Waals surface area contributed by atoms with Crippen LogP contribution in [0.15, 0.2) is 54.6 Å². The Morgan fingerprint density at radius 1 is 0.682 bits per heavy atom. The molecule has 17 heteroatoms. The van der Waals surface area contributed by atoms with Gasteiger partial charge in [-0.3, -0.25) is 9.69 Å². The van der Waals surface area contributed by atoms with E-state index in [4.69, 9.17) is 4.74 Å². The van der Waals surface area contributed by atoms with E-state index >= 15 is 0 Å². The molecule has 0 spiro atoms. The fourth-order valence-electron chi connectivity index (χ4n) is 4.11. The van der Waals surface area contributed by atoms with Crippen LogP contribution in [-0.2, 0) is 31.6 Å². The molecule has 0 aliphatic carbocycles. The molecule has 0 unspecified atom stereocenters. The highest BCUT2D eigenvalue weighted by Crippen LogP contribution is 2.40. The van der Waals surface area contributed by atoms with E-state index in [0.29, 0.717) is 18.2 Å². The summed E-state index contributed by atoms with van der Waals surface area (Å²) < 4.78 is 165. The van der Waals surface area contributed by atoms with Gasteiger partial charge in [0.15, 0.2) is 0 Å². The van der Waals surface area contributed by atoms with Crippen LogP contribution in [0.2, 0.25) is 0 Å². The Kier molecular flexibility index (Phi) is 9.22. The third-order valence-corrected chi connectivity index (χ3v) is 6.09. The summed E-state index contributed by atoms with van der Waals surface area (Å²) in [4.78, 5) is 24.1. The second-order valence-corrected chi connectivity index (χ2v) is 9.16. The van der Waals surface area contributed by atoms with Gasteiger partial charge in [0.25, 0.3) is 5.78 Å². The van der Waals surface area contributed by atoms with Gasteiger partial charge in [0.05, 0.1) is 23.8 Å². The lowest BCUT2D eigenvalue weighted by Gasteiger charge is -2.24. The van der Waals surface area contributed by atoms with Crippen molar-refractivity contribution in [2.45, 2.75) is 37.8 Å². The first kappa shape index (κ1) is 34.1. The van der Waals surface area contributed by atoms with E-state index in [1.807, 2.05) is 0 Å². The molecule has 44 heavy (non-hydrogen) atoms. The highest BCUT2D eigenvalue weighted by molar-refractivity contribution is 6.01. The van der Waals surface area contributed by atoms with Gasteiger partial charge >= 0.3 is 30.8 Å². The Hall–Kier alpha value is -4.44. The number of ether oxygens (including phenoxy) is 1. The highest BCUT2D eigenvalue weighted by Gasteiger charge is 2.40. The van der Waals surface area contributed by atoms with Gasteiger partial charge in [-0.05, 0) is 65.2 Å². The maximum absolute atomic E-state index is 13.6. The predicted octanol–water partition coefficient (Wildman–Crippen LogP) is 8.84. The number of carbonyl (C=O) groups is 2. The monoisotopic (exact) mass is 647 g/mol. The van der Waals surface area contributed by atoms with Gasteiger partial charge < -0.3 is 9.84 Å². The second-order valence-electron chi connectivity index (χ2n) is 9.16. The van der Waals surface area contributed by atoms with Crippen molar-refractivity contribution in [1.29, 1.82) is 0 Å². The van der Waals surface area contributed by atoms with Crippen LogP contribution in [-0.4, -0.2) is 35.2 Å². The summed E-state index contributed by atoms with van der Waals surface area (Å²) in [6.45, 7) is -2.28. The van der Waals surface area contributed by atoms with Crippen LogP contribution in [0.1, 0.15) is 38.2 Å². The van der Waals surface area contributed by atoms with E-state index in [1.165, 1.54) is 0 Å². The first-order valence-electron chi connectivity index (χ1n) is 11.8. The van der Waals surface area contributed by atoms with E-state index in [1.54, 1.807) is 0 Å². The van der Waals surface area contributed by atoms with Crippen LogP contribution in [0.4, 0.5) is 57.5 Å². The van der Waals surface area contributed by atoms with Crippen molar-refractivity contribution in [2.24, 2.45) is 0 Å². The van der Waals surface area contributed by atoms with E-state index in [9.17, 15) is 67.4 Å². The number of methoxy groups -OCH3 is 1. The summed E-state index contributed by atoms with van der Waals surface area (Å²) in [5.41, 5.74) is -8.06. The first-order valence-corrected chi connectivity index (χ1v) is 11.8. The van der Waals surface area contributed by atoms with Crippen molar-refractivity contribution in [3.05, 3.63) is 88.0 Å². The largest absolute Gasteiger partial charge is 0.496 e. The van der Waals surface area contributed by atoms with E-state index < -0.39 is 88.6 Å². The molecule has 0 atom stereocenters. The summed E-state index contributed by atoms with van der Waals surface area (Å²) >= 11 is 0. The quantitative estimate of drug-likeness (QED) is 0.206. The fraction of sp³-hybridized carbons (Fsp3) is 0.259. The molecule has 5 nitrogen and oxygen atoms in total. The van der Waals surface area contributed by atoms with Gasteiger partial charge in [0.1, 0.15) is 5.75 Å². The van der Waals surface area contributed by atoms with E-state index in [0.717, 1.165) is 25.3 Å². The maximum atomic E-state index is 13.6. The summed E-state index contributed by atoms with van der Waals surface area (Å²) in [6.07, 6.45) is -22.9. The van der Waals surface area contributed by atoms with Crippen LogP contribution in [0.5, 0.6) is 5.75 Å². The van der Waals surface area contributed by atoms with Gasteiger partial charge in [0.2, 0.25) is 0 Å². The van der Waals surface area contributed by atoms with Gasteiger partial charge in [-0.1, -0.05) is 6.07 Å². The van der Waals surface area contributed by atoms with Gasteiger partial charge in [-0.15, -0.1) is 0 Å². The number of Topliss-reactive ketones (excluding diaryl/α,β-unsaturated/α-hetero) is 1. The molecular formula is C27H17F12NO4. The Balaban J connectivity index is 2.20. The average molecular weight is 647 g/mol.